The Morgan fingerprint density at radius 2 is 2.22 bits per heavy atom. The first-order chi connectivity index (χ1) is 8.63. The number of anilines is 1. The van der Waals surface area contributed by atoms with Crippen molar-refractivity contribution in [1.82, 2.24) is 4.98 Å². The van der Waals surface area contributed by atoms with Crippen molar-refractivity contribution in [2.45, 2.75) is 19.8 Å². The van der Waals surface area contributed by atoms with Gasteiger partial charge in [-0.25, -0.2) is 4.98 Å². The first-order valence-corrected chi connectivity index (χ1v) is 6.65. The number of pyridine rings is 1. The molecule has 1 fully saturated rings. The highest BCUT2D eigenvalue weighted by atomic mass is 32.1. The summed E-state index contributed by atoms with van der Waals surface area (Å²) in [5.74, 6) is 1.30. The normalized spacial score (nSPS) is 16.9. The van der Waals surface area contributed by atoms with E-state index in [1.165, 1.54) is 0 Å². The van der Waals surface area contributed by atoms with Gasteiger partial charge in [-0.3, -0.25) is 0 Å². The minimum Gasteiger partial charge on any atom is -0.396 e. The fourth-order valence-corrected chi connectivity index (χ4v) is 2.67. The van der Waals surface area contributed by atoms with E-state index in [1.807, 2.05) is 13.0 Å². The third-order valence-corrected chi connectivity index (χ3v) is 3.76. The lowest BCUT2D eigenvalue weighted by Crippen LogP contribution is -2.36. The van der Waals surface area contributed by atoms with E-state index in [9.17, 15) is 0 Å². The molecule has 1 aromatic rings. The Balaban J connectivity index is 2.24. The molecule has 0 amide bonds. The van der Waals surface area contributed by atoms with Gasteiger partial charge in [-0.05, 0) is 37.3 Å². The molecule has 1 aliphatic rings. The third kappa shape index (κ3) is 2.62. The van der Waals surface area contributed by atoms with Gasteiger partial charge in [0.1, 0.15) is 10.8 Å². The fourth-order valence-electron chi connectivity index (χ4n) is 2.42. The van der Waals surface area contributed by atoms with Crippen molar-refractivity contribution in [2.75, 3.05) is 24.6 Å². The quantitative estimate of drug-likeness (QED) is 0.805. The van der Waals surface area contributed by atoms with Gasteiger partial charge in [-0.1, -0.05) is 12.2 Å². The summed E-state index contributed by atoms with van der Waals surface area (Å²) in [6.07, 6.45) is 3.77. The standard InChI is InChI=1S/C13H19N3OS/c1-9-2-5-15-13(11(9)12(14)18)16-6-3-10(8-17)4-7-16/h2,5,10,17H,3-4,6-8H2,1H3,(H2,14,18). The van der Waals surface area contributed by atoms with Crippen LogP contribution in [0.4, 0.5) is 5.82 Å². The maximum absolute atomic E-state index is 9.16. The zero-order chi connectivity index (χ0) is 13.1. The lowest BCUT2D eigenvalue weighted by molar-refractivity contribution is 0.203. The van der Waals surface area contributed by atoms with E-state index in [1.54, 1.807) is 6.20 Å². The second kappa shape index (κ2) is 5.63. The van der Waals surface area contributed by atoms with Gasteiger partial charge in [0.2, 0.25) is 0 Å². The van der Waals surface area contributed by atoms with Crippen LogP contribution in [0.2, 0.25) is 0 Å². The van der Waals surface area contributed by atoms with E-state index in [2.05, 4.69) is 9.88 Å². The van der Waals surface area contributed by atoms with Gasteiger partial charge < -0.3 is 15.7 Å². The van der Waals surface area contributed by atoms with E-state index >= 15 is 0 Å². The highest BCUT2D eigenvalue weighted by molar-refractivity contribution is 7.80. The Labute approximate surface area is 113 Å². The zero-order valence-corrected chi connectivity index (χ0v) is 11.4. The zero-order valence-electron chi connectivity index (χ0n) is 10.6. The summed E-state index contributed by atoms with van der Waals surface area (Å²) in [7, 11) is 0. The average molecular weight is 265 g/mol. The van der Waals surface area contributed by atoms with Crippen LogP contribution in [0.15, 0.2) is 12.3 Å². The molecule has 0 aromatic carbocycles. The molecular formula is C13H19N3OS. The van der Waals surface area contributed by atoms with Gasteiger partial charge in [-0.15, -0.1) is 0 Å². The fraction of sp³-hybridized carbons (Fsp3) is 0.538. The number of rotatable bonds is 3. The molecular weight excluding hydrogens is 246 g/mol. The number of hydrogen-bond donors (Lipinski definition) is 2. The number of aryl methyl sites for hydroxylation is 1. The van der Waals surface area contributed by atoms with E-state index in [-0.39, 0.29) is 6.61 Å². The molecule has 1 aromatic heterocycles. The summed E-state index contributed by atoms with van der Waals surface area (Å²) in [5.41, 5.74) is 7.75. The van der Waals surface area contributed by atoms with Crippen LogP contribution < -0.4 is 10.6 Å². The molecule has 0 saturated carbocycles. The van der Waals surface area contributed by atoms with E-state index in [4.69, 9.17) is 23.1 Å². The maximum atomic E-state index is 9.16. The topological polar surface area (TPSA) is 62.4 Å². The molecule has 5 heteroatoms. The molecule has 0 radical (unpaired) electrons. The van der Waals surface area contributed by atoms with Crippen molar-refractivity contribution in [1.29, 1.82) is 0 Å². The molecule has 0 aliphatic carbocycles. The van der Waals surface area contributed by atoms with Crippen molar-refractivity contribution in [3.63, 3.8) is 0 Å². The van der Waals surface area contributed by atoms with Crippen molar-refractivity contribution < 1.29 is 5.11 Å². The van der Waals surface area contributed by atoms with Crippen LogP contribution in [-0.2, 0) is 0 Å². The number of aromatic nitrogens is 1. The van der Waals surface area contributed by atoms with Gasteiger partial charge in [0.05, 0.1) is 5.56 Å². The smallest absolute Gasteiger partial charge is 0.139 e. The summed E-state index contributed by atoms with van der Waals surface area (Å²) in [6.45, 7) is 4.08. The third-order valence-electron chi connectivity index (χ3n) is 3.56. The van der Waals surface area contributed by atoms with E-state index in [0.29, 0.717) is 10.9 Å². The molecule has 0 unspecified atom stereocenters. The number of thiocarbonyl (C=S) groups is 1. The van der Waals surface area contributed by atoms with Crippen LogP contribution in [0, 0.1) is 12.8 Å². The Hall–Kier alpha value is -1.20. The van der Waals surface area contributed by atoms with Gasteiger partial charge in [0.25, 0.3) is 0 Å². The molecule has 4 nitrogen and oxygen atoms in total. The summed E-state index contributed by atoms with van der Waals surface area (Å²) < 4.78 is 0. The molecule has 1 aliphatic heterocycles. The van der Waals surface area contributed by atoms with Gasteiger partial charge in [0, 0.05) is 25.9 Å². The predicted octanol–water partition coefficient (Wildman–Crippen LogP) is 1.23. The van der Waals surface area contributed by atoms with Crippen molar-refractivity contribution >= 4 is 23.0 Å². The highest BCUT2D eigenvalue weighted by Gasteiger charge is 2.22. The second-order valence-electron chi connectivity index (χ2n) is 4.80. The van der Waals surface area contributed by atoms with Crippen LogP contribution in [0.5, 0.6) is 0 Å². The van der Waals surface area contributed by atoms with Crippen LogP contribution >= 0.6 is 12.2 Å². The number of aliphatic hydroxyl groups excluding tert-OH is 1. The summed E-state index contributed by atoms with van der Waals surface area (Å²) in [5, 5.41) is 9.16. The summed E-state index contributed by atoms with van der Waals surface area (Å²) in [6, 6.07) is 1.93. The number of nitrogens with two attached hydrogens (primary N) is 1. The van der Waals surface area contributed by atoms with Crippen LogP contribution in [-0.4, -0.2) is 34.8 Å². The van der Waals surface area contributed by atoms with Crippen LogP contribution in [0.25, 0.3) is 0 Å². The highest BCUT2D eigenvalue weighted by Crippen LogP contribution is 2.26. The summed E-state index contributed by atoms with van der Waals surface area (Å²) in [4.78, 5) is 7.05. The molecule has 0 spiro atoms. The molecule has 1 saturated heterocycles. The first kappa shape index (κ1) is 13.2. The molecule has 18 heavy (non-hydrogen) atoms. The molecule has 98 valence electrons. The Bertz CT molecular complexity index is 442. The Morgan fingerprint density at radius 1 is 1.56 bits per heavy atom. The SMILES string of the molecule is Cc1ccnc(N2CCC(CO)CC2)c1C(N)=S. The average Bonchev–Trinajstić information content (AvgIpc) is 2.38. The van der Waals surface area contributed by atoms with Crippen molar-refractivity contribution in [3.05, 3.63) is 23.4 Å². The molecule has 3 N–H and O–H groups in total. The van der Waals surface area contributed by atoms with Crippen LogP contribution in [0.3, 0.4) is 0 Å². The van der Waals surface area contributed by atoms with Gasteiger partial charge in [0.15, 0.2) is 0 Å². The number of aliphatic hydroxyl groups is 1. The van der Waals surface area contributed by atoms with Gasteiger partial charge in [-0.2, -0.15) is 0 Å². The van der Waals surface area contributed by atoms with Crippen LogP contribution in [0.1, 0.15) is 24.0 Å². The Kier molecular flexibility index (Phi) is 4.14. The number of piperidine rings is 1. The first-order valence-electron chi connectivity index (χ1n) is 6.24. The minimum absolute atomic E-state index is 0.275. The molecule has 0 bridgehead atoms. The summed E-state index contributed by atoms with van der Waals surface area (Å²) >= 11 is 5.12. The molecule has 2 heterocycles. The molecule has 2 rings (SSSR count). The lowest BCUT2D eigenvalue weighted by Gasteiger charge is -2.33. The largest absolute Gasteiger partial charge is 0.396 e. The predicted molar refractivity (Wildman–Crippen MR) is 76.9 cm³/mol. The minimum atomic E-state index is 0.275. The monoisotopic (exact) mass is 265 g/mol. The number of hydrogen-bond acceptors (Lipinski definition) is 4. The van der Waals surface area contributed by atoms with E-state index in [0.717, 1.165) is 42.9 Å². The lowest BCUT2D eigenvalue weighted by atomic mass is 9.97. The number of nitrogens with zero attached hydrogens (tertiary/aromatic N) is 2. The van der Waals surface area contributed by atoms with Crippen molar-refractivity contribution in [3.8, 4) is 0 Å². The van der Waals surface area contributed by atoms with Gasteiger partial charge >= 0.3 is 0 Å². The van der Waals surface area contributed by atoms with Crippen molar-refractivity contribution in [2.24, 2.45) is 11.7 Å². The second-order valence-corrected chi connectivity index (χ2v) is 5.24. The molecule has 0 atom stereocenters. The maximum Gasteiger partial charge on any atom is 0.139 e. The van der Waals surface area contributed by atoms with E-state index < -0.39 is 0 Å². The Morgan fingerprint density at radius 3 is 2.78 bits per heavy atom.